The Bertz CT molecular complexity index is 1520. The van der Waals surface area contributed by atoms with E-state index >= 15 is 4.39 Å². The van der Waals surface area contributed by atoms with Crippen molar-refractivity contribution < 1.29 is 17.9 Å². The lowest BCUT2D eigenvalue weighted by Gasteiger charge is -2.18. The fraction of sp³-hybridized carbons (Fsp3) is 0.240. The van der Waals surface area contributed by atoms with E-state index in [4.69, 9.17) is 16.3 Å². The van der Waals surface area contributed by atoms with E-state index < -0.39 is 34.6 Å². The molecule has 7 nitrogen and oxygen atoms in total. The monoisotopic (exact) mass is 515 g/mol. The number of hydrogen-bond acceptors (Lipinski definition) is 6. The molecule has 0 atom stereocenters. The molecule has 0 saturated heterocycles. The maximum Gasteiger partial charge on any atom is 0.283 e. The summed E-state index contributed by atoms with van der Waals surface area (Å²) in [4.78, 5) is 30.0. The summed E-state index contributed by atoms with van der Waals surface area (Å²) < 4.78 is 49.2. The second-order valence-electron chi connectivity index (χ2n) is 8.38. The number of aryl methyl sites for hydroxylation is 2. The number of nitrogens with zero attached hydrogens (tertiary/aromatic N) is 5. The number of halogens is 4. The Hall–Kier alpha value is -3.79. The second kappa shape index (κ2) is 10.1. The molecule has 4 rings (SSSR count). The van der Waals surface area contributed by atoms with Crippen LogP contribution in [0.1, 0.15) is 42.5 Å². The first-order chi connectivity index (χ1) is 17.1. The molecule has 0 aliphatic carbocycles. The fourth-order valence-electron chi connectivity index (χ4n) is 3.56. The summed E-state index contributed by atoms with van der Waals surface area (Å²) in [5.41, 5.74) is 0.184. The predicted octanol–water partition coefficient (Wildman–Crippen LogP) is 5.47. The molecule has 0 aliphatic heterocycles. The molecule has 3 heterocycles. The van der Waals surface area contributed by atoms with Gasteiger partial charge in [-0.15, -0.1) is 0 Å². The first-order valence-corrected chi connectivity index (χ1v) is 11.3. The molecule has 0 bridgehead atoms. The van der Waals surface area contributed by atoms with E-state index in [1.54, 1.807) is 19.9 Å². The standard InChI is InChI=1S/C25H21ClF3N5O2/c1-12(2)24-30-6-5-17(33-24)22-25(35)34(14(4)9-32-22)23-13(3)7-19(20(26)21(23)29)36-11-18-16(28)8-15(27)10-31-18/h5-10,12H,11H2,1-4H3. The van der Waals surface area contributed by atoms with E-state index in [9.17, 15) is 13.6 Å². The normalized spacial score (nSPS) is 11.2. The van der Waals surface area contributed by atoms with Crippen LogP contribution >= 0.6 is 11.6 Å². The summed E-state index contributed by atoms with van der Waals surface area (Å²) in [6.45, 7) is 6.62. The first kappa shape index (κ1) is 25.3. The Morgan fingerprint density at radius 2 is 1.83 bits per heavy atom. The third-order valence-corrected chi connectivity index (χ3v) is 5.73. The molecule has 4 aromatic rings. The zero-order valence-electron chi connectivity index (χ0n) is 19.8. The number of hydrogen-bond donors (Lipinski definition) is 0. The molecule has 0 saturated carbocycles. The Kier molecular flexibility index (Phi) is 7.07. The maximum atomic E-state index is 15.6. The summed E-state index contributed by atoms with van der Waals surface area (Å²) in [6, 6.07) is 3.65. The largest absolute Gasteiger partial charge is 0.485 e. The molecule has 1 aromatic carbocycles. The van der Waals surface area contributed by atoms with Crippen molar-refractivity contribution in [2.45, 2.75) is 40.2 Å². The van der Waals surface area contributed by atoms with Crippen molar-refractivity contribution in [3.05, 3.63) is 92.4 Å². The van der Waals surface area contributed by atoms with Gasteiger partial charge in [0.2, 0.25) is 0 Å². The Morgan fingerprint density at radius 3 is 2.53 bits per heavy atom. The second-order valence-corrected chi connectivity index (χ2v) is 8.76. The fourth-order valence-corrected chi connectivity index (χ4v) is 3.76. The van der Waals surface area contributed by atoms with Crippen LogP contribution in [-0.4, -0.2) is 24.5 Å². The number of aromatic nitrogens is 5. The van der Waals surface area contributed by atoms with Gasteiger partial charge >= 0.3 is 0 Å². The van der Waals surface area contributed by atoms with Gasteiger partial charge in [-0.3, -0.25) is 14.3 Å². The third kappa shape index (κ3) is 4.81. The molecule has 0 aliphatic rings. The van der Waals surface area contributed by atoms with Gasteiger partial charge in [0.1, 0.15) is 34.7 Å². The topological polar surface area (TPSA) is 82.8 Å². The highest BCUT2D eigenvalue weighted by molar-refractivity contribution is 6.32. The van der Waals surface area contributed by atoms with E-state index in [2.05, 4.69) is 19.9 Å². The molecular formula is C25H21ClF3N5O2. The van der Waals surface area contributed by atoms with Gasteiger partial charge in [0.15, 0.2) is 17.3 Å². The maximum absolute atomic E-state index is 15.6. The lowest BCUT2D eigenvalue weighted by atomic mass is 10.1. The van der Waals surface area contributed by atoms with Gasteiger partial charge in [0.05, 0.1) is 17.6 Å². The highest BCUT2D eigenvalue weighted by Gasteiger charge is 2.22. The Labute approximate surface area is 209 Å². The number of pyridine rings is 1. The number of ether oxygens (including phenoxy) is 1. The van der Waals surface area contributed by atoms with Crippen molar-refractivity contribution in [2.75, 3.05) is 0 Å². The van der Waals surface area contributed by atoms with Crippen molar-refractivity contribution >= 4 is 11.6 Å². The predicted molar refractivity (Wildman–Crippen MR) is 128 cm³/mol. The molecule has 0 amide bonds. The number of rotatable bonds is 6. The molecule has 11 heteroatoms. The molecule has 0 radical (unpaired) electrons. The highest BCUT2D eigenvalue weighted by Crippen LogP contribution is 2.35. The average molecular weight is 516 g/mol. The van der Waals surface area contributed by atoms with Gasteiger partial charge in [0, 0.05) is 30.1 Å². The van der Waals surface area contributed by atoms with Crippen molar-refractivity contribution in [1.29, 1.82) is 0 Å². The van der Waals surface area contributed by atoms with Crippen molar-refractivity contribution in [2.24, 2.45) is 0 Å². The highest BCUT2D eigenvalue weighted by atomic mass is 35.5. The van der Waals surface area contributed by atoms with E-state index in [1.165, 1.54) is 23.0 Å². The van der Waals surface area contributed by atoms with Crippen molar-refractivity contribution in [1.82, 2.24) is 24.5 Å². The summed E-state index contributed by atoms with van der Waals surface area (Å²) in [5.74, 6) is -2.16. The van der Waals surface area contributed by atoms with Crippen LogP contribution in [0.3, 0.4) is 0 Å². The SMILES string of the molecule is Cc1cc(OCc2ncc(F)cc2F)c(Cl)c(F)c1-n1c(C)cnc(-c2ccnc(C(C)C)n2)c1=O. The van der Waals surface area contributed by atoms with Crippen LogP contribution in [0.25, 0.3) is 17.1 Å². The first-order valence-electron chi connectivity index (χ1n) is 10.9. The van der Waals surface area contributed by atoms with Crippen LogP contribution in [0, 0.1) is 31.3 Å². The van der Waals surface area contributed by atoms with Gasteiger partial charge in [-0.2, -0.15) is 0 Å². The van der Waals surface area contributed by atoms with E-state index in [0.29, 0.717) is 28.8 Å². The van der Waals surface area contributed by atoms with Crippen LogP contribution in [-0.2, 0) is 6.61 Å². The summed E-state index contributed by atoms with van der Waals surface area (Å²) in [6.07, 6.45) is 3.82. The quantitative estimate of drug-likeness (QED) is 0.338. The van der Waals surface area contributed by atoms with E-state index in [1.807, 2.05) is 13.8 Å². The van der Waals surface area contributed by atoms with Crippen molar-refractivity contribution in [3.8, 4) is 22.8 Å². The summed E-state index contributed by atoms with van der Waals surface area (Å²) in [7, 11) is 0. The minimum Gasteiger partial charge on any atom is -0.485 e. The van der Waals surface area contributed by atoms with Crippen LogP contribution in [0.4, 0.5) is 13.2 Å². The molecular weight excluding hydrogens is 495 g/mol. The van der Waals surface area contributed by atoms with Gasteiger partial charge in [-0.25, -0.2) is 28.1 Å². The van der Waals surface area contributed by atoms with Crippen LogP contribution in [0.2, 0.25) is 5.02 Å². The molecule has 0 unspecified atom stereocenters. The molecule has 186 valence electrons. The molecule has 3 aromatic heterocycles. The Balaban J connectivity index is 1.77. The van der Waals surface area contributed by atoms with Gasteiger partial charge in [-0.1, -0.05) is 25.4 Å². The summed E-state index contributed by atoms with van der Waals surface area (Å²) in [5, 5.41) is -0.410. The number of benzene rings is 1. The average Bonchev–Trinajstić information content (AvgIpc) is 2.83. The smallest absolute Gasteiger partial charge is 0.283 e. The van der Waals surface area contributed by atoms with E-state index in [-0.39, 0.29) is 28.7 Å². The molecule has 0 fully saturated rings. The molecule has 36 heavy (non-hydrogen) atoms. The van der Waals surface area contributed by atoms with Crippen molar-refractivity contribution in [3.63, 3.8) is 0 Å². The lowest BCUT2D eigenvalue weighted by Crippen LogP contribution is -2.25. The van der Waals surface area contributed by atoms with E-state index in [0.717, 1.165) is 6.20 Å². The van der Waals surface area contributed by atoms with Gasteiger partial charge in [0.25, 0.3) is 5.56 Å². The lowest BCUT2D eigenvalue weighted by molar-refractivity contribution is 0.292. The van der Waals surface area contributed by atoms with Crippen LogP contribution in [0.5, 0.6) is 5.75 Å². The van der Waals surface area contributed by atoms with Gasteiger partial charge < -0.3 is 4.74 Å². The van der Waals surface area contributed by atoms with Crippen LogP contribution in [0.15, 0.2) is 41.6 Å². The minimum absolute atomic E-state index is 0.0259. The molecule has 0 N–H and O–H groups in total. The zero-order valence-corrected chi connectivity index (χ0v) is 20.6. The van der Waals surface area contributed by atoms with Crippen LogP contribution < -0.4 is 10.3 Å². The minimum atomic E-state index is -0.910. The third-order valence-electron chi connectivity index (χ3n) is 5.38. The van der Waals surface area contributed by atoms with Gasteiger partial charge in [-0.05, 0) is 31.5 Å². The zero-order chi connectivity index (χ0) is 26.1. The summed E-state index contributed by atoms with van der Waals surface area (Å²) >= 11 is 6.24. The molecule has 0 spiro atoms. The Morgan fingerprint density at radius 1 is 1.08 bits per heavy atom.